The molecule has 2 heterocycles. The van der Waals surface area contributed by atoms with Crippen LogP contribution in [0.25, 0.3) is 0 Å². The standard InChI is InChI=1S/C16H15N3O3/c1-11(20)19-7-8-22-15-9-13(4-5-14(15)19)18-16(21)12-3-2-6-17-10-12/h2-6,9-10H,7-8H2,1H3,(H,18,21). The average Bonchev–Trinajstić information content (AvgIpc) is 2.54. The number of ether oxygens (including phenoxy) is 1. The molecule has 1 aliphatic heterocycles. The zero-order valence-electron chi connectivity index (χ0n) is 12.1. The molecule has 6 heteroatoms. The molecule has 0 unspecified atom stereocenters. The predicted octanol–water partition coefficient (Wildman–Crippen LogP) is 2.08. The second-order valence-electron chi connectivity index (χ2n) is 4.90. The van der Waals surface area contributed by atoms with E-state index < -0.39 is 0 Å². The van der Waals surface area contributed by atoms with Gasteiger partial charge in [0.15, 0.2) is 0 Å². The molecule has 0 fully saturated rings. The number of pyridine rings is 1. The second kappa shape index (κ2) is 5.85. The molecule has 0 radical (unpaired) electrons. The van der Waals surface area contributed by atoms with Gasteiger partial charge in [0.25, 0.3) is 5.91 Å². The van der Waals surface area contributed by atoms with Crippen LogP contribution in [0.2, 0.25) is 0 Å². The molecule has 0 spiro atoms. The SMILES string of the molecule is CC(=O)N1CCOc2cc(NC(=O)c3cccnc3)ccc21. The van der Waals surface area contributed by atoms with E-state index in [4.69, 9.17) is 4.74 Å². The largest absolute Gasteiger partial charge is 0.489 e. The van der Waals surface area contributed by atoms with Gasteiger partial charge in [-0.1, -0.05) is 0 Å². The van der Waals surface area contributed by atoms with Crippen LogP contribution in [-0.2, 0) is 4.79 Å². The van der Waals surface area contributed by atoms with Crippen LogP contribution in [0.15, 0.2) is 42.7 Å². The lowest BCUT2D eigenvalue weighted by atomic mass is 10.2. The lowest BCUT2D eigenvalue weighted by molar-refractivity contribution is -0.116. The Kier molecular flexibility index (Phi) is 3.74. The zero-order chi connectivity index (χ0) is 15.5. The highest BCUT2D eigenvalue weighted by molar-refractivity contribution is 6.04. The summed E-state index contributed by atoms with van der Waals surface area (Å²) in [6.07, 6.45) is 3.11. The molecule has 1 aliphatic rings. The van der Waals surface area contributed by atoms with Gasteiger partial charge in [0, 0.05) is 31.1 Å². The van der Waals surface area contributed by atoms with E-state index in [1.54, 1.807) is 41.4 Å². The summed E-state index contributed by atoms with van der Waals surface area (Å²) in [6.45, 7) is 2.49. The van der Waals surface area contributed by atoms with E-state index in [0.717, 1.165) is 5.69 Å². The highest BCUT2D eigenvalue weighted by Crippen LogP contribution is 2.34. The van der Waals surface area contributed by atoms with E-state index in [2.05, 4.69) is 10.3 Å². The molecule has 0 bridgehead atoms. The minimum absolute atomic E-state index is 0.0308. The fourth-order valence-electron chi connectivity index (χ4n) is 2.33. The topological polar surface area (TPSA) is 71.5 Å². The number of rotatable bonds is 2. The Morgan fingerprint density at radius 1 is 1.32 bits per heavy atom. The normalized spacial score (nSPS) is 13.0. The molecule has 1 aromatic carbocycles. The van der Waals surface area contributed by atoms with E-state index >= 15 is 0 Å². The average molecular weight is 297 g/mol. The summed E-state index contributed by atoms with van der Waals surface area (Å²) < 4.78 is 5.57. The van der Waals surface area contributed by atoms with Crippen LogP contribution in [0.3, 0.4) is 0 Å². The van der Waals surface area contributed by atoms with E-state index in [-0.39, 0.29) is 11.8 Å². The molecule has 0 aliphatic carbocycles. The molecule has 1 aromatic heterocycles. The van der Waals surface area contributed by atoms with Crippen molar-refractivity contribution >= 4 is 23.2 Å². The third-order valence-electron chi connectivity index (χ3n) is 3.38. The minimum Gasteiger partial charge on any atom is -0.489 e. The van der Waals surface area contributed by atoms with E-state index in [1.807, 2.05) is 0 Å². The lowest BCUT2D eigenvalue weighted by Gasteiger charge is -2.29. The number of amides is 2. The molecular weight excluding hydrogens is 282 g/mol. The fourth-order valence-corrected chi connectivity index (χ4v) is 2.33. The van der Waals surface area contributed by atoms with Gasteiger partial charge < -0.3 is 15.0 Å². The molecule has 0 atom stereocenters. The third-order valence-corrected chi connectivity index (χ3v) is 3.38. The molecular formula is C16H15N3O3. The third kappa shape index (κ3) is 2.76. The summed E-state index contributed by atoms with van der Waals surface area (Å²) in [6, 6.07) is 8.63. The Morgan fingerprint density at radius 2 is 2.18 bits per heavy atom. The molecule has 0 saturated heterocycles. The van der Waals surface area contributed by atoms with Crippen LogP contribution in [0.4, 0.5) is 11.4 Å². The Hall–Kier alpha value is -2.89. The summed E-state index contributed by atoms with van der Waals surface area (Å²) >= 11 is 0. The van der Waals surface area contributed by atoms with Gasteiger partial charge in [-0.3, -0.25) is 14.6 Å². The first-order valence-electron chi connectivity index (χ1n) is 6.91. The van der Waals surface area contributed by atoms with Gasteiger partial charge in [-0.15, -0.1) is 0 Å². The van der Waals surface area contributed by atoms with Gasteiger partial charge in [-0.05, 0) is 24.3 Å². The van der Waals surface area contributed by atoms with Crippen molar-refractivity contribution in [2.75, 3.05) is 23.4 Å². The van der Waals surface area contributed by atoms with Gasteiger partial charge in [0.2, 0.25) is 5.91 Å². The Balaban J connectivity index is 1.82. The van der Waals surface area contributed by atoms with Gasteiger partial charge in [-0.25, -0.2) is 0 Å². The van der Waals surface area contributed by atoms with Crippen LogP contribution >= 0.6 is 0 Å². The van der Waals surface area contributed by atoms with Gasteiger partial charge in [0.1, 0.15) is 12.4 Å². The van der Waals surface area contributed by atoms with Gasteiger partial charge >= 0.3 is 0 Å². The summed E-state index contributed by atoms with van der Waals surface area (Å²) in [7, 11) is 0. The highest BCUT2D eigenvalue weighted by atomic mass is 16.5. The maximum atomic E-state index is 12.1. The summed E-state index contributed by atoms with van der Waals surface area (Å²) in [5.41, 5.74) is 1.81. The number of carbonyl (C=O) groups is 2. The minimum atomic E-state index is -0.243. The van der Waals surface area contributed by atoms with Gasteiger partial charge in [0.05, 0.1) is 17.8 Å². The van der Waals surface area contributed by atoms with E-state index in [9.17, 15) is 9.59 Å². The van der Waals surface area contributed by atoms with E-state index in [0.29, 0.717) is 30.2 Å². The molecule has 2 aromatic rings. The first kappa shape index (κ1) is 14.1. The number of aromatic nitrogens is 1. The number of hydrogen-bond acceptors (Lipinski definition) is 4. The first-order valence-corrected chi connectivity index (χ1v) is 6.91. The van der Waals surface area contributed by atoms with Crippen LogP contribution < -0.4 is 15.0 Å². The zero-order valence-corrected chi connectivity index (χ0v) is 12.1. The van der Waals surface area contributed by atoms with Crippen LogP contribution in [-0.4, -0.2) is 29.9 Å². The Bertz CT molecular complexity index is 716. The monoisotopic (exact) mass is 297 g/mol. The van der Waals surface area contributed by atoms with Crippen LogP contribution in [0.5, 0.6) is 5.75 Å². The number of benzene rings is 1. The number of anilines is 2. The predicted molar refractivity (Wildman–Crippen MR) is 82.2 cm³/mol. The summed E-state index contributed by atoms with van der Waals surface area (Å²) in [5, 5.41) is 2.79. The van der Waals surface area contributed by atoms with Crippen molar-refractivity contribution in [3.63, 3.8) is 0 Å². The van der Waals surface area contributed by atoms with Crippen LogP contribution in [0, 0.1) is 0 Å². The lowest BCUT2D eigenvalue weighted by Crippen LogP contribution is -2.36. The molecule has 2 amide bonds. The van der Waals surface area contributed by atoms with Crippen molar-refractivity contribution in [3.8, 4) is 5.75 Å². The summed E-state index contributed by atoms with van der Waals surface area (Å²) in [5.74, 6) is 0.314. The summed E-state index contributed by atoms with van der Waals surface area (Å²) in [4.78, 5) is 29.3. The van der Waals surface area contributed by atoms with E-state index in [1.165, 1.54) is 13.1 Å². The van der Waals surface area contributed by atoms with Crippen molar-refractivity contribution in [1.82, 2.24) is 4.98 Å². The number of hydrogen-bond donors (Lipinski definition) is 1. The fraction of sp³-hybridized carbons (Fsp3) is 0.188. The van der Waals surface area contributed by atoms with Crippen molar-refractivity contribution in [3.05, 3.63) is 48.3 Å². The first-order chi connectivity index (χ1) is 10.6. The molecule has 3 rings (SSSR count). The number of nitrogens with zero attached hydrogens (tertiary/aromatic N) is 2. The Labute approximate surface area is 127 Å². The molecule has 0 saturated carbocycles. The second-order valence-corrected chi connectivity index (χ2v) is 4.90. The maximum Gasteiger partial charge on any atom is 0.257 e. The maximum absolute atomic E-state index is 12.1. The number of nitrogens with one attached hydrogen (secondary N) is 1. The Morgan fingerprint density at radius 3 is 2.91 bits per heavy atom. The number of fused-ring (bicyclic) bond motifs is 1. The van der Waals surface area contributed by atoms with Crippen molar-refractivity contribution < 1.29 is 14.3 Å². The molecule has 22 heavy (non-hydrogen) atoms. The van der Waals surface area contributed by atoms with Crippen molar-refractivity contribution in [2.24, 2.45) is 0 Å². The molecule has 1 N–H and O–H groups in total. The van der Waals surface area contributed by atoms with Crippen LogP contribution in [0.1, 0.15) is 17.3 Å². The highest BCUT2D eigenvalue weighted by Gasteiger charge is 2.21. The number of carbonyl (C=O) groups excluding carboxylic acids is 2. The molecule has 6 nitrogen and oxygen atoms in total. The smallest absolute Gasteiger partial charge is 0.257 e. The van der Waals surface area contributed by atoms with Crippen molar-refractivity contribution in [1.29, 1.82) is 0 Å². The molecule has 112 valence electrons. The quantitative estimate of drug-likeness (QED) is 0.921. The van der Waals surface area contributed by atoms with Crippen molar-refractivity contribution in [2.45, 2.75) is 6.92 Å². The van der Waals surface area contributed by atoms with Gasteiger partial charge in [-0.2, -0.15) is 0 Å².